The third-order valence-electron chi connectivity index (χ3n) is 4.12. The Kier molecular flexibility index (Phi) is 7.13. The molecule has 0 fully saturated rings. The van der Waals surface area contributed by atoms with Crippen molar-refractivity contribution in [1.29, 1.82) is 0 Å². The highest BCUT2D eigenvalue weighted by atomic mass is 32.1. The van der Waals surface area contributed by atoms with Crippen molar-refractivity contribution in [3.63, 3.8) is 0 Å². The fourth-order valence-corrected chi connectivity index (χ4v) is 3.45. The van der Waals surface area contributed by atoms with E-state index in [4.69, 9.17) is 4.42 Å². The van der Waals surface area contributed by atoms with E-state index in [1.54, 1.807) is 36.8 Å². The Hall–Kier alpha value is -2.74. The number of nitrogens with zero attached hydrogens (tertiary/aromatic N) is 3. The Morgan fingerprint density at radius 2 is 1.93 bits per heavy atom. The second-order valence-electron chi connectivity index (χ2n) is 6.15. The average Bonchev–Trinajstić information content (AvgIpc) is 3.37. The van der Waals surface area contributed by atoms with Crippen molar-refractivity contribution in [2.24, 2.45) is 4.99 Å². The highest BCUT2D eigenvalue weighted by Gasteiger charge is 2.07. The summed E-state index contributed by atoms with van der Waals surface area (Å²) in [4.78, 5) is 14.4. The molecule has 8 heteroatoms. The summed E-state index contributed by atoms with van der Waals surface area (Å²) in [6.45, 7) is 3.58. The van der Waals surface area contributed by atoms with Gasteiger partial charge in [0.25, 0.3) is 0 Å². The Labute approximate surface area is 167 Å². The van der Waals surface area contributed by atoms with Crippen molar-refractivity contribution in [2.45, 2.75) is 26.2 Å². The summed E-state index contributed by atoms with van der Waals surface area (Å²) in [5, 5.41) is 7.70. The molecule has 3 aromatic rings. The highest BCUT2D eigenvalue weighted by molar-refractivity contribution is 7.11. The summed E-state index contributed by atoms with van der Waals surface area (Å²) < 4.78 is 18.5. The number of benzene rings is 1. The molecule has 0 unspecified atom stereocenters. The van der Waals surface area contributed by atoms with Gasteiger partial charge in [0.1, 0.15) is 12.1 Å². The summed E-state index contributed by atoms with van der Waals surface area (Å²) in [6.07, 6.45) is 6.17. The molecule has 0 spiro atoms. The van der Waals surface area contributed by atoms with Crippen LogP contribution in [0, 0.1) is 5.82 Å². The van der Waals surface area contributed by atoms with Crippen LogP contribution >= 0.6 is 11.3 Å². The number of aryl methyl sites for hydroxylation is 1. The fraction of sp³-hybridized carbons (Fsp3) is 0.350. The van der Waals surface area contributed by atoms with E-state index in [-0.39, 0.29) is 5.82 Å². The number of aliphatic imine (C=N–C) groups is 1. The number of hydrogen-bond acceptors (Lipinski definition) is 5. The zero-order valence-electron chi connectivity index (χ0n) is 16.0. The third kappa shape index (κ3) is 5.63. The fourth-order valence-electron chi connectivity index (χ4n) is 2.59. The average molecular weight is 402 g/mol. The first-order chi connectivity index (χ1) is 13.7. The SMILES string of the molecule is CCc1cnc(CCNC(=NC)NCCc2coc(-c3ccc(F)cc3)n2)s1. The minimum absolute atomic E-state index is 0.278. The molecule has 6 nitrogen and oxygen atoms in total. The Bertz CT molecular complexity index is 903. The van der Waals surface area contributed by atoms with Crippen LogP contribution in [0.3, 0.4) is 0 Å². The van der Waals surface area contributed by atoms with Crippen molar-refractivity contribution >= 4 is 17.3 Å². The Morgan fingerprint density at radius 3 is 2.61 bits per heavy atom. The minimum Gasteiger partial charge on any atom is -0.444 e. The highest BCUT2D eigenvalue weighted by Crippen LogP contribution is 2.19. The molecule has 2 N–H and O–H groups in total. The number of guanidine groups is 1. The zero-order chi connectivity index (χ0) is 19.8. The normalized spacial score (nSPS) is 11.6. The first-order valence-corrected chi connectivity index (χ1v) is 10.1. The summed E-state index contributed by atoms with van der Waals surface area (Å²) in [5.41, 5.74) is 1.59. The van der Waals surface area contributed by atoms with Gasteiger partial charge in [-0.3, -0.25) is 4.99 Å². The number of rotatable bonds is 8. The number of nitrogens with one attached hydrogen (secondary N) is 2. The molecule has 0 aliphatic heterocycles. The molecule has 2 heterocycles. The summed E-state index contributed by atoms with van der Waals surface area (Å²) in [5.74, 6) is 0.959. The summed E-state index contributed by atoms with van der Waals surface area (Å²) >= 11 is 1.76. The van der Waals surface area contributed by atoms with E-state index >= 15 is 0 Å². The van der Waals surface area contributed by atoms with Crippen LogP contribution < -0.4 is 10.6 Å². The molecule has 0 bridgehead atoms. The van der Waals surface area contributed by atoms with Crippen molar-refractivity contribution in [3.8, 4) is 11.5 Å². The molecule has 0 saturated heterocycles. The number of oxazole rings is 1. The maximum absolute atomic E-state index is 13.0. The lowest BCUT2D eigenvalue weighted by molar-refractivity contribution is 0.571. The molecule has 3 rings (SSSR count). The van der Waals surface area contributed by atoms with Gasteiger partial charge in [0.05, 0.1) is 10.7 Å². The second-order valence-corrected chi connectivity index (χ2v) is 7.35. The lowest BCUT2D eigenvalue weighted by Gasteiger charge is -2.10. The predicted octanol–water partition coefficient (Wildman–Crippen LogP) is 3.45. The van der Waals surface area contributed by atoms with Gasteiger partial charge < -0.3 is 15.1 Å². The van der Waals surface area contributed by atoms with Gasteiger partial charge in [-0.15, -0.1) is 11.3 Å². The molecule has 28 heavy (non-hydrogen) atoms. The van der Waals surface area contributed by atoms with E-state index in [0.29, 0.717) is 18.9 Å². The predicted molar refractivity (Wildman–Crippen MR) is 110 cm³/mol. The molecule has 0 aliphatic carbocycles. The molecule has 1 aromatic carbocycles. The Morgan fingerprint density at radius 1 is 1.18 bits per heavy atom. The smallest absolute Gasteiger partial charge is 0.226 e. The minimum atomic E-state index is -0.278. The van der Waals surface area contributed by atoms with Gasteiger partial charge in [0.15, 0.2) is 5.96 Å². The maximum atomic E-state index is 13.0. The quantitative estimate of drug-likeness (QED) is 0.447. The monoisotopic (exact) mass is 401 g/mol. The van der Waals surface area contributed by atoms with E-state index in [1.807, 2.05) is 6.20 Å². The Balaban J connectivity index is 1.41. The molecular weight excluding hydrogens is 377 g/mol. The first-order valence-electron chi connectivity index (χ1n) is 9.26. The van der Waals surface area contributed by atoms with Crippen LogP contribution in [0.5, 0.6) is 0 Å². The number of aromatic nitrogens is 2. The first kappa shape index (κ1) is 20.0. The van der Waals surface area contributed by atoms with E-state index in [2.05, 4.69) is 32.5 Å². The van der Waals surface area contributed by atoms with Gasteiger partial charge in [0, 0.05) is 49.6 Å². The molecule has 2 aromatic heterocycles. The van der Waals surface area contributed by atoms with Gasteiger partial charge >= 0.3 is 0 Å². The number of thiazole rings is 1. The van der Waals surface area contributed by atoms with Crippen molar-refractivity contribution in [2.75, 3.05) is 20.1 Å². The summed E-state index contributed by atoms with van der Waals surface area (Å²) in [7, 11) is 1.75. The largest absolute Gasteiger partial charge is 0.444 e. The van der Waals surface area contributed by atoms with Gasteiger partial charge in [-0.1, -0.05) is 6.92 Å². The summed E-state index contributed by atoms with van der Waals surface area (Å²) in [6, 6.07) is 6.10. The maximum Gasteiger partial charge on any atom is 0.226 e. The van der Waals surface area contributed by atoms with Crippen LogP contribution in [0.15, 0.2) is 46.1 Å². The lowest BCUT2D eigenvalue weighted by Crippen LogP contribution is -2.39. The molecule has 0 amide bonds. The van der Waals surface area contributed by atoms with Gasteiger partial charge in [-0.05, 0) is 30.7 Å². The van der Waals surface area contributed by atoms with Crippen LogP contribution in [0.4, 0.5) is 4.39 Å². The van der Waals surface area contributed by atoms with Crippen LogP contribution in [0.25, 0.3) is 11.5 Å². The molecule has 0 radical (unpaired) electrons. The van der Waals surface area contributed by atoms with E-state index in [1.165, 1.54) is 17.0 Å². The third-order valence-corrected chi connectivity index (χ3v) is 5.32. The van der Waals surface area contributed by atoms with E-state index in [9.17, 15) is 4.39 Å². The molecule has 148 valence electrons. The van der Waals surface area contributed by atoms with E-state index in [0.717, 1.165) is 41.6 Å². The van der Waals surface area contributed by atoms with Gasteiger partial charge in [-0.25, -0.2) is 14.4 Å². The van der Waals surface area contributed by atoms with Crippen molar-refractivity contribution in [3.05, 3.63) is 58.1 Å². The molecule has 0 aliphatic rings. The van der Waals surface area contributed by atoms with Crippen LogP contribution in [0.2, 0.25) is 0 Å². The van der Waals surface area contributed by atoms with Crippen molar-refractivity contribution in [1.82, 2.24) is 20.6 Å². The number of halogens is 1. The van der Waals surface area contributed by atoms with Crippen LogP contribution in [0.1, 0.15) is 22.5 Å². The lowest BCUT2D eigenvalue weighted by atomic mass is 10.2. The van der Waals surface area contributed by atoms with Crippen LogP contribution in [-0.4, -0.2) is 36.1 Å². The second kappa shape index (κ2) is 9.98. The molecular formula is C20H24FN5OS. The van der Waals surface area contributed by atoms with E-state index < -0.39 is 0 Å². The van der Waals surface area contributed by atoms with Gasteiger partial charge in [-0.2, -0.15) is 0 Å². The van der Waals surface area contributed by atoms with Gasteiger partial charge in [0.2, 0.25) is 5.89 Å². The molecule has 0 saturated carbocycles. The topological polar surface area (TPSA) is 75.3 Å². The number of hydrogen-bond donors (Lipinski definition) is 2. The van der Waals surface area contributed by atoms with Crippen molar-refractivity contribution < 1.29 is 8.81 Å². The van der Waals surface area contributed by atoms with Crippen LogP contribution in [-0.2, 0) is 19.3 Å². The molecule has 0 atom stereocenters. The zero-order valence-corrected chi connectivity index (χ0v) is 16.9. The standard InChI is InChI=1S/C20H24FN5OS/c1-3-17-12-25-18(28-17)9-11-24-20(22-2)23-10-8-16-13-27-19(26-16)14-4-6-15(21)7-5-14/h4-7,12-13H,3,8-11H2,1-2H3,(H2,22,23,24).